The van der Waals surface area contributed by atoms with Crippen molar-refractivity contribution >= 4 is 11.9 Å². The van der Waals surface area contributed by atoms with Crippen molar-refractivity contribution in [3.05, 3.63) is 12.2 Å². The maximum absolute atomic E-state index is 11.3. The average Bonchev–Trinajstić information content (AvgIpc) is 2.82. The molecule has 6 heteroatoms. The second-order valence-electron chi connectivity index (χ2n) is 4.63. The molecule has 0 unspecified atom stereocenters. The minimum atomic E-state index is -0.403. The van der Waals surface area contributed by atoms with Gasteiger partial charge in [-0.2, -0.15) is 0 Å². The van der Waals surface area contributed by atoms with E-state index in [0.29, 0.717) is 45.0 Å². The summed E-state index contributed by atoms with van der Waals surface area (Å²) in [6.07, 6.45) is 1.61. The molecule has 1 aliphatic rings. The fourth-order valence-corrected chi connectivity index (χ4v) is 1.75. The SMILES string of the molecule is C=C(C)C(=O)OCCOCCOCCN1CCCC1=O. The number of esters is 1. The van der Waals surface area contributed by atoms with Gasteiger partial charge in [0.2, 0.25) is 5.91 Å². The molecular formula is C14H23NO5. The maximum Gasteiger partial charge on any atom is 0.333 e. The van der Waals surface area contributed by atoms with Gasteiger partial charge in [-0.1, -0.05) is 6.58 Å². The third-order valence-electron chi connectivity index (χ3n) is 2.86. The van der Waals surface area contributed by atoms with Crippen LogP contribution in [0.5, 0.6) is 0 Å². The lowest BCUT2D eigenvalue weighted by Crippen LogP contribution is -2.28. The molecule has 1 rings (SSSR count). The lowest BCUT2D eigenvalue weighted by atomic mass is 10.4. The fraction of sp³-hybridized carbons (Fsp3) is 0.714. The van der Waals surface area contributed by atoms with Crippen molar-refractivity contribution in [1.29, 1.82) is 0 Å². The van der Waals surface area contributed by atoms with Crippen LogP contribution in [0.1, 0.15) is 19.8 Å². The molecule has 0 aromatic carbocycles. The molecule has 0 spiro atoms. The first-order valence-corrected chi connectivity index (χ1v) is 6.87. The summed E-state index contributed by atoms with van der Waals surface area (Å²) >= 11 is 0. The Kier molecular flexibility index (Phi) is 7.91. The highest BCUT2D eigenvalue weighted by Gasteiger charge is 2.18. The molecule has 0 aromatic heterocycles. The number of ether oxygens (including phenoxy) is 3. The molecule has 6 nitrogen and oxygen atoms in total. The predicted molar refractivity (Wildman–Crippen MR) is 73.2 cm³/mol. The first-order valence-electron chi connectivity index (χ1n) is 6.87. The summed E-state index contributed by atoms with van der Waals surface area (Å²) in [5.74, 6) is -0.190. The predicted octanol–water partition coefficient (Wildman–Crippen LogP) is 0.761. The molecule has 1 fully saturated rings. The molecule has 114 valence electrons. The van der Waals surface area contributed by atoms with E-state index in [-0.39, 0.29) is 12.5 Å². The molecule has 1 saturated heterocycles. The zero-order valence-electron chi connectivity index (χ0n) is 12.1. The lowest BCUT2D eigenvalue weighted by Gasteiger charge is -2.15. The Morgan fingerprint density at radius 2 is 1.85 bits per heavy atom. The first kappa shape index (κ1) is 16.7. The van der Waals surface area contributed by atoms with Gasteiger partial charge >= 0.3 is 5.97 Å². The van der Waals surface area contributed by atoms with Crippen LogP contribution in [-0.4, -0.2) is 62.9 Å². The highest BCUT2D eigenvalue weighted by atomic mass is 16.6. The molecule has 0 radical (unpaired) electrons. The van der Waals surface area contributed by atoms with E-state index in [1.54, 1.807) is 6.92 Å². The number of hydrogen-bond donors (Lipinski definition) is 0. The number of nitrogens with zero attached hydrogens (tertiary/aromatic N) is 1. The van der Waals surface area contributed by atoms with Crippen molar-refractivity contribution in [2.75, 3.05) is 46.1 Å². The van der Waals surface area contributed by atoms with E-state index in [1.165, 1.54) is 0 Å². The Balaban J connectivity index is 1.84. The Bertz CT molecular complexity index is 342. The Morgan fingerprint density at radius 3 is 2.45 bits per heavy atom. The van der Waals surface area contributed by atoms with E-state index < -0.39 is 5.97 Å². The summed E-state index contributed by atoms with van der Waals surface area (Å²) < 4.78 is 15.5. The molecule has 0 aliphatic carbocycles. The number of rotatable bonds is 10. The second-order valence-corrected chi connectivity index (χ2v) is 4.63. The van der Waals surface area contributed by atoms with E-state index >= 15 is 0 Å². The van der Waals surface area contributed by atoms with Crippen molar-refractivity contribution < 1.29 is 23.8 Å². The summed E-state index contributed by atoms with van der Waals surface area (Å²) in [4.78, 5) is 24.2. The maximum atomic E-state index is 11.3. The van der Waals surface area contributed by atoms with E-state index in [4.69, 9.17) is 14.2 Å². The van der Waals surface area contributed by atoms with Gasteiger partial charge in [-0.25, -0.2) is 4.79 Å². The minimum absolute atomic E-state index is 0.212. The van der Waals surface area contributed by atoms with Gasteiger partial charge in [0.05, 0.1) is 26.4 Å². The zero-order chi connectivity index (χ0) is 14.8. The van der Waals surface area contributed by atoms with E-state index in [2.05, 4.69) is 6.58 Å². The number of hydrogen-bond acceptors (Lipinski definition) is 5. The van der Waals surface area contributed by atoms with E-state index in [9.17, 15) is 9.59 Å². The lowest BCUT2D eigenvalue weighted by molar-refractivity contribution is -0.140. The monoisotopic (exact) mass is 285 g/mol. The molecule has 0 N–H and O–H groups in total. The third kappa shape index (κ3) is 6.68. The van der Waals surface area contributed by atoms with Gasteiger partial charge < -0.3 is 19.1 Å². The van der Waals surface area contributed by atoms with Crippen LogP contribution in [-0.2, 0) is 23.8 Å². The topological polar surface area (TPSA) is 65.1 Å². The molecule has 1 amide bonds. The molecule has 1 heterocycles. The van der Waals surface area contributed by atoms with Crippen molar-refractivity contribution in [1.82, 2.24) is 4.90 Å². The van der Waals surface area contributed by atoms with Crippen LogP contribution in [0, 0.1) is 0 Å². The van der Waals surface area contributed by atoms with Crippen LogP contribution in [0.3, 0.4) is 0 Å². The van der Waals surface area contributed by atoms with Crippen molar-refractivity contribution in [3.8, 4) is 0 Å². The highest BCUT2D eigenvalue weighted by molar-refractivity contribution is 5.86. The molecule has 0 aromatic rings. The molecule has 20 heavy (non-hydrogen) atoms. The largest absolute Gasteiger partial charge is 0.460 e. The summed E-state index contributed by atoms with van der Waals surface area (Å²) in [5.41, 5.74) is 0.379. The molecule has 0 atom stereocenters. The van der Waals surface area contributed by atoms with Gasteiger partial charge in [-0.15, -0.1) is 0 Å². The number of likely N-dealkylation sites (tertiary alicyclic amines) is 1. The van der Waals surface area contributed by atoms with Crippen LogP contribution in [0.25, 0.3) is 0 Å². The Hall–Kier alpha value is -1.40. The van der Waals surface area contributed by atoms with Gasteiger partial charge in [0.15, 0.2) is 0 Å². The fourth-order valence-electron chi connectivity index (χ4n) is 1.75. The third-order valence-corrected chi connectivity index (χ3v) is 2.86. The highest BCUT2D eigenvalue weighted by Crippen LogP contribution is 2.08. The number of amides is 1. The minimum Gasteiger partial charge on any atom is -0.460 e. The molecule has 1 aliphatic heterocycles. The van der Waals surface area contributed by atoms with Gasteiger partial charge in [0.1, 0.15) is 6.61 Å². The second kappa shape index (κ2) is 9.50. The van der Waals surface area contributed by atoms with E-state index in [1.807, 2.05) is 4.90 Å². The summed E-state index contributed by atoms with van der Waals surface area (Å²) in [5, 5.41) is 0. The van der Waals surface area contributed by atoms with Crippen LogP contribution in [0.15, 0.2) is 12.2 Å². The van der Waals surface area contributed by atoms with Gasteiger partial charge in [-0.3, -0.25) is 4.79 Å². The Labute approximate surface area is 119 Å². The van der Waals surface area contributed by atoms with Gasteiger partial charge in [0.25, 0.3) is 0 Å². The summed E-state index contributed by atoms with van der Waals surface area (Å²) in [6, 6.07) is 0. The Morgan fingerprint density at radius 1 is 1.20 bits per heavy atom. The van der Waals surface area contributed by atoms with Crippen LogP contribution >= 0.6 is 0 Å². The van der Waals surface area contributed by atoms with Crippen molar-refractivity contribution in [3.63, 3.8) is 0 Å². The number of carbonyl (C=O) groups is 2. The van der Waals surface area contributed by atoms with Crippen LogP contribution in [0.2, 0.25) is 0 Å². The summed E-state index contributed by atoms with van der Waals surface area (Å²) in [6.45, 7) is 8.56. The molecule has 0 bridgehead atoms. The van der Waals surface area contributed by atoms with Crippen LogP contribution in [0.4, 0.5) is 0 Å². The van der Waals surface area contributed by atoms with E-state index in [0.717, 1.165) is 13.0 Å². The van der Waals surface area contributed by atoms with Gasteiger partial charge in [0, 0.05) is 25.1 Å². The number of carbonyl (C=O) groups excluding carboxylic acids is 2. The van der Waals surface area contributed by atoms with Gasteiger partial charge in [-0.05, 0) is 13.3 Å². The normalized spacial score (nSPS) is 14.7. The molecular weight excluding hydrogens is 262 g/mol. The smallest absolute Gasteiger partial charge is 0.333 e. The van der Waals surface area contributed by atoms with Crippen molar-refractivity contribution in [2.45, 2.75) is 19.8 Å². The quantitative estimate of drug-likeness (QED) is 0.337. The van der Waals surface area contributed by atoms with Crippen LogP contribution < -0.4 is 0 Å². The first-order chi connectivity index (χ1) is 9.61. The molecule has 0 saturated carbocycles. The average molecular weight is 285 g/mol. The standard InChI is InChI=1S/C14H23NO5/c1-12(2)14(17)20-11-10-19-9-8-18-7-6-15-5-3-4-13(15)16/h1,3-11H2,2H3. The summed E-state index contributed by atoms with van der Waals surface area (Å²) in [7, 11) is 0. The zero-order valence-corrected chi connectivity index (χ0v) is 12.1. The van der Waals surface area contributed by atoms with Crippen molar-refractivity contribution in [2.24, 2.45) is 0 Å².